The maximum Gasteiger partial charge on any atom is 0.322 e. The van der Waals surface area contributed by atoms with E-state index in [1.54, 1.807) is 12.1 Å². The van der Waals surface area contributed by atoms with Crippen molar-refractivity contribution in [1.82, 2.24) is 5.32 Å². The molecule has 1 saturated heterocycles. The molecule has 1 unspecified atom stereocenters. The zero-order valence-corrected chi connectivity index (χ0v) is 9.60. The maximum atomic E-state index is 13.6. The van der Waals surface area contributed by atoms with E-state index in [2.05, 4.69) is 5.32 Å². The number of hydrogen-bond acceptors (Lipinski definition) is 2. The summed E-state index contributed by atoms with van der Waals surface area (Å²) in [6.07, 6.45) is 0.243. The summed E-state index contributed by atoms with van der Waals surface area (Å²) in [6.45, 7) is 0.334. The first kappa shape index (κ1) is 12.3. The molecule has 18 heavy (non-hydrogen) atoms. The van der Waals surface area contributed by atoms with Crippen molar-refractivity contribution in [3.63, 3.8) is 0 Å². The van der Waals surface area contributed by atoms with E-state index in [-0.39, 0.29) is 18.2 Å². The molecule has 1 aromatic carbocycles. The predicted molar refractivity (Wildman–Crippen MR) is 62.9 cm³/mol. The fourth-order valence-electron chi connectivity index (χ4n) is 2.02. The Balaban J connectivity index is 2.20. The third-order valence-electron chi connectivity index (χ3n) is 2.88. The second kappa shape index (κ2) is 5.03. The van der Waals surface area contributed by atoms with Gasteiger partial charge in [0.05, 0.1) is 11.7 Å². The summed E-state index contributed by atoms with van der Waals surface area (Å²) in [6, 6.07) is 5.24. The summed E-state index contributed by atoms with van der Waals surface area (Å²) in [4.78, 5) is 23.5. The zero-order valence-electron chi connectivity index (χ0n) is 9.60. The molecule has 96 valence electrons. The number of nitrogens with zero attached hydrogens (tertiary/aromatic N) is 1. The highest BCUT2D eigenvalue weighted by atomic mass is 19.1. The lowest BCUT2D eigenvalue weighted by Crippen LogP contribution is -2.35. The lowest BCUT2D eigenvalue weighted by Gasteiger charge is -2.23. The number of carboxylic acid groups (broad SMARTS) is 1. The Morgan fingerprint density at radius 1 is 1.50 bits per heavy atom. The van der Waals surface area contributed by atoms with Crippen LogP contribution in [0.2, 0.25) is 0 Å². The van der Waals surface area contributed by atoms with Crippen LogP contribution < -0.4 is 10.2 Å². The van der Waals surface area contributed by atoms with Gasteiger partial charge in [-0.1, -0.05) is 12.1 Å². The molecule has 2 N–H and O–H groups in total. The molecule has 1 atom stereocenters. The average molecular weight is 252 g/mol. The number of urea groups is 1. The molecule has 1 aromatic rings. The summed E-state index contributed by atoms with van der Waals surface area (Å²) in [5.74, 6) is -1.42. The molecule has 5 nitrogen and oxygen atoms in total. The Morgan fingerprint density at radius 3 is 2.89 bits per heavy atom. The number of aliphatic carboxylic acids is 1. The van der Waals surface area contributed by atoms with Gasteiger partial charge in [-0.3, -0.25) is 9.69 Å². The highest BCUT2D eigenvalue weighted by Gasteiger charge is 2.33. The molecular formula is C12H13FN2O3. The average Bonchev–Trinajstić information content (AvgIpc) is 2.69. The van der Waals surface area contributed by atoms with E-state index in [1.165, 1.54) is 17.0 Å². The van der Waals surface area contributed by atoms with Crippen LogP contribution in [0.3, 0.4) is 0 Å². The first-order chi connectivity index (χ1) is 8.59. The minimum absolute atomic E-state index is 0.0510. The number of benzene rings is 1. The molecule has 0 bridgehead atoms. The van der Waals surface area contributed by atoms with Gasteiger partial charge in [0.1, 0.15) is 5.82 Å². The summed E-state index contributed by atoms with van der Waals surface area (Å²) in [5.41, 5.74) is 0.183. The van der Waals surface area contributed by atoms with E-state index in [0.717, 1.165) is 0 Å². The van der Waals surface area contributed by atoms with E-state index < -0.39 is 17.8 Å². The van der Waals surface area contributed by atoms with Gasteiger partial charge in [-0.2, -0.15) is 0 Å². The number of carbonyl (C=O) groups excluding carboxylic acids is 1. The molecule has 0 aliphatic carbocycles. The number of hydrogen-bond donors (Lipinski definition) is 2. The van der Waals surface area contributed by atoms with Gasteiger partial charge in [-0.15, -0.1) is 0 Å². The first-order valence-electron chi connectivity index (χ1n) is 5.63. The van der Waals surface area contributed by atoms with Crippen molar-refractivity contribution in [1.29, 1.82) is 0 Å². The smallest absolute Gasteiger partial charge is 0.322 e. The van der Waals surface area contributed by atoms with Crippen molar-refractivity contribution in [2.24, 2.45) is 0 Å². The van der Waals surface area contributed by atoms with Crippen molar-refractivity contribution in [3.8, 4) is 0 Å². The van der Waals surface area contributed by atoms with Crippen LogP contribution >= 0.6 is 0 Å². The molecule has 0 spiro atoms. The Bertz CT molecular complexity index is 478. The van der Waals surface area contributed by atoms with E-state index in [9.17, 15) is 14.0 Å². The van der Waals surface area contributed by atoms with E-state index >= 15 is 0 Å². The zero-order chi connectivity index (χ0) is 13.1. The standard InChI is InChI=1S/C12H13FN2O3/c13-9-3-1-2-4-10(9)15-8(5-6-11(16)17)7-14-12(15)18/h1-4,8H,5-7H2,(H,14,18)(H,16,17). The van der Waals surface area contributed by atoms with E-state index in [1.807, 2.05) is 0 Å². The molecule has 2 amide bonds. The lowest BCUT2D eigenvalue weighted by atomic mass is 10.1. The van der Waals surface area contributed by atoms with Crippen molar-refractivity contribution < 1.29 is 19.1 Å². The van der Waals surface area contributed by atoms with Crippen molar-refractivity contribution in [3.05, 3.63) is 30.1 Å². The van der Waals surface area contributed by atoms with E-state index in [4.69, 9.17) is 5.11 Å². The second-order valence-corrected chi connectivity index (χ2v) is 4.09. The van der Waals surface area contributed by atoms with Gasteiger partial charge in [0.2, 0.25) is 0 Å². The summed E-state index contributed by atoms with van der Waals surface area (Å²) in [5, 5.41) is 11.2. The second-order valence-electron chi connectivity index (χ2n) is 4.09. The minimum Gasteiger partial charge on any atom is -0.481 e. The molecular weight excluding hydrogens is 239 g/mol. The van der Waals surface area contributed by atoms with Crippen LogP contribution in [0, 0.1) is 5.82 Å². The van der Waals surface area contributed by atoms with E-state index in [0.29, 0.717) is 13.0 Å². The van der Waals surface area contributed by atoms with Gasteiger partial charge in [0, 0.05) is 13.0 Å². The van der Waals surface area contributed by atoms with Crippen LogP contribution in [0.1, 0.15) is 12.8 Å². The third-order valence-corrected chi connectivity index (χ3v) is 2.88. The molecule has 1 heterocycles. The summed E-state index contributed by atoms with van der Waals surface area (Å²) in [7, 11) is 0. The number of amides is 2. The quantitative estimate of drug-likeness (QED) is 0.854. The Labute approximate surface area is 103 Å². The van der Waals surface area contributed by atoms with Crippen LogP contribution in [0.15, 0.2) is 24.3 Å². The van der Waals surface area contributed by atoms with Crippen molar-refractivity contribution in [2.45, 2.75) is 18.9 Å². The van der Waals surface area contributed by atoms with Gasteiger partial charge in [-0.25, -0.2) is 9.18 Å². The van der Waals surface area contributed by atoms with Gasteiger partial charge < -0.3 is 10.4 Å². The largest absolute Gasteiger partial charge is 0.481 e. The van der Waals surface area contributed by atoms with Crippen molar-refractivity contribution in [2.75, 3.05) is 11.4 Å². The number of rotatable bonds is 4. The summed E-state index contributed by atoms with van der Waals surface area (Å²) < 4.78 is 13.6. The molecule has 1 aliphatic heterocycles. The first-order valence-corrected chi connectivity index (χ1v) is 5.63. The van der Waals surface area contributed by atoms with Gasteiger partial charge in [-0.05, 0) is 18.6 Å². The topological polar surface area (TPSA) is 69.6 Å². The molecule has 0 radical (unpaired) electrons. The van der Waals surface area contributed by atoms with Gasteiger partial charge in [0.15, 0.2) is 0 Å². The Morgan fingerprint density at radius 2 is 2.22 bits per heavy atom. The molecule has 2 rings (SSSR count). The highest BCUT2D eigenvalue weighted by Crippen LogP contribution is 2.25. The van der Waals surface area contributed by atoms with Crippen LogP contribution in [0.4, 0.5) is 14.9 Å². The normalized spacial score (nSPS) is 18.8. The number of halogens is 1. The fourth-order valence-corrected chi connectivity index (χ4v) is 2.02. The predicted octanol–water partition coefficient (Wildman–Crippen LogP) is 1.59. The summed E-state index contributed by atoms with van der Waals surface area (Å²) >= 11 is 0. The monoisotopic (exact) mass is 252 g/mol. The molecule has 1 fully saturated rings. The fraction of sp³-hybridized carbons (Fsp3) is 0.333. The van der Waals surface area contributed by atoms with Crippen LogP contribution in [0.25, 0.3) is 0 Å². The third kappa shape index (κ3) is 2.42. The number of carbonyl (C=O) groups is 2. The number of para-hydroxylation sites is 1. The number of nitrogens with one attached hydrogen (secondary N) is 1. The Kier molecular flexibility index (Phi) is 3.45. The SMILES string of the molecule is O=C(O)CCC1CNC(=O)N1c1ccccc1F. The van der Waals surface area contributed by atoms with Crippen molar-refractivity contribution >= 4 is 17.7 Å². The number of anilines is 1. The van der Waals surface area contributed by atoms with Gasteiger partial charge in [0.25, 0.3) is 0 Å². The molecule has 0 saturated carbocycles. The lowest BCUT2D eigenvalue weighted by molar-refractivity contribution is -0.137. The highest BCUT2D eigenvalue weighted by molar-refractivity contribution is 5.95. The Hall–Kier alpha value is -2.11. The number of carboxylic acids is 1. The molecule has 0 aromatic heterocycles. The molecule has 6 heteroatoms. The molecule has 1 aliphatic rings. The van der Waals surface area contributed by atoms with Crippen LogP contribution in [-0.4, -0.2) is 29.7 Å². The maximum absolute atomic E-state index is 13.6. The minimum atomic E-state index is -0.928. The van der Waals surface area contributed by atoms with Gasteiger partial charge >= 0.3 is 12.0 Å². The van der Waals surface area contributed by atoms with Crippen LogP contribution in [0.5, 0.6) is 0 Å². The van der Waals surface area contributed by atoms with Crippen LogP contribution in [-0.2, 0) is 4.79 Å².